The Labute approximate surface area is 159 Å². The molecule has 3 heteroatoms. The van der Waals surface area contributed by atoms with Crippen LogP contribution in [0, 0.1) is 6.92 Å². The summed E-state index contributed by atoms with van der Waals surface area (Å²) in [5.74, 6) is 2.23. The van der Waals surface area contributed by atoms with Crippen molar-refractivity contribution in [2.45, 2.75) is 12.8 Å². The lowest BCUT2D eigenvalue weighted by Crippen LogP contribution is -3.06. The van der Waals surface area contributed by atoms with Gasteiger partial charge >= 0.3 is 0 Å². The van der Waals surface area contributed by atoms with E-state index in [4.69, 9.17) is 4.74 Å². The van der Waals surface area contributed by atoms with E-state index < -0.39 is 0 Å². The Morgan fingerprint density at radius 1 is 0.962 bits per heavy atom. The van der Waals surface area contributed by atoms with Crippen LogP contribution in [0.5, 0.6) is 5.75 Å². The van der Waals surface area contributed by atoms with Crippen LogP contribution in [0.15, 0.2) is 71.6 Å². The minimum absolute atomic E-state index is 0.229. The van der Waals surface area contributed by atoms with Crippen LogP contribution in [0.2, 0.25) is 0 Å². The van der Waals surface area contributed by atoms with Gasteiger partial charge in [-0.25, -0.2) is 0 Å². The van der Waals surface area contributed by atoms with E-state index in [9.17, 15) is 0 Å². The molecule has 0 saturated carbocycles. The van der Waals surface area contributed by atoms with E-state index in [2.05, 4.69) is 87.1 Å². The first-order valence-electron chi connectivity index (χ1n) is 9.03. The number of para-hydroxylation sites is 1. The average molecular weight is 363 g/mol. The second-order valence-corrected chi connectivity index (χ2v) is 8.15. The molecule has 1 aliphatic rings. The predicted octanol–water partition coefficient (Wildman–Crippen LogP) is 4.14. The summed E-state index contributed by atoms with van der Waals surface area (Å²) in [5, 5.41) is 2.12. The van der Waals surface area contributed by atoms with Gasteiger partial charge in [-0.05, 0) is 30.0 Å². The van der Waals surface area contributed by atoms with Gasteiger partial charge in [0.05, 0.1) is 19.0 Å². The van der Waals surface area contributed by atoms with Crippen molar-refractivity contribution in [3.05, 3.63) is 93.2 Å². The first kappa shape index (κ1) is 17.1. The lowest BCUT2D eigenvalue weighted by atomic mass is 9.81. The molecule has 1 N–H and O–H groups in total. The number of hydrogen-bond acceptors (Lipinski definition) is 2. The van der Waals surface area contributed by atoms with E-state index in [1.165, 1.54) is 32.0 Å². The molecule has 0 spiro atoms. The summed E-state index contributed by atoms with van der Waals surface area (Å²) < 4.78 is 6.44. The van der Waals surface area contributed by atoms with Crippen LogP contribution in [0.4, 0.5) is 0 Å². The van der Waals surface area contributed by atoms with E-state index in [0.29, 0.717) is 0 Å². The predicted molar refractivity (Wildman–Crippen MR) is 109 cm³/mol. The maximum atomic E-state index is 6.44. The minimum atomic E-state index is 0.229. The average Bonchev–Trinajstić information content (AvgIpc) is 3.16. The zero-order valence-electron chi connectivity index (χ0n) is 15.5. The Morgan fingerprint density at radius 3 is 2.42 bits per heavy atom. The number of nitrogens with one attached hydrogen (secondary N) is 1. The molecular formula is C23H24NOS+. The summed E-state index contributed by atoms with van der Waals surface area (Å²) in [7, 11) is 4.40. The van der Waals surface area contributed by atoms with Crippen LogP contribution in [0.25, 0.3) is 5.76 Å². The molecule has 4 rings (SSSR count). The third-order valence-corrected chi connectivity index (χ3v) is 5.65. The van der Waals surface area contributed by atoms with E-state index in [0.717, 1.165) is 18.1 Å². The van der Waals surface area contributed by atoms with Crippen LogP contribution in [0.1, 0.15) is 27.5 Å². The Morgan fingerprint density at radius 2 is 1.73 bits per heavy atom. The largest absolute Gasteiger partial charge is 0.455 e. The molecule has 0 saturated heterocycles. The molecule has 0 fully saturated rings. The number of fused-ring (bicyclic) bond motifs is 1. The first-order valence-corrected chi connectivity index (χ1v) is 9.90. The second kappa shape index (κ2) is 7.10. The lowest BCUT2D eigenvalue weighted by molar-refractivity contribution is -0.853. The highest BCUT2D eigenvalue weighted by Gasteiger charge is 2.33. The standard InChI is InChI=1S/C23H23NOS/c1-16-10-12-17(13-11-16)22-18-7-4-5-8-20(18)25-23(19(22)15-24(2)3)21-9-6-14-26-21/h4-14,22H,15H2,1-3H3/p+1. The number of rotatable bonds is 4. The van der Waals surface area contributed by atoms with Gasteiger partial charge in [-0.3, -0.25) is 0 Å². The van der Waals surface area contributed by atoms with Crippen LogP contribution in [-0.4, -0.2) is 20.6 Å². The second-order valence-electron chi connectivity index (χ2n) is 7.20. The molecule has 0 aliphatic carbocycles. The normalized spacial score (nSPS) is 16.5. The molecule has 1 aromatic heterocycles. The van der Waals surface area contributed by atoms with Gasteiger partial charge in [-0.1, -0.05) is 54.1 Å². The third-order valence-electron chi connectivity index (χ3n) is 4.78. The molecule has 1 unspecified atom stereocenters. The number of quaternary nitrogens is 1. The molecule has 0 radical (unpaired) electrons. The van der Waals surface area contributed by atoms with Crippen molar-refractivity contribution in [2.24, 2.45) is 0 Å². The number of ether oxygens (including phenoxy) is 1. The van der Waals surface area contributed by atoms with E-state index >= 15 is 0 Å². The van der Waals surface area contributed by atoms with Crippen molar-refractivity contribution in [1.29, 1.82) is 0 Å². The van der Waals surface area contributed by atoms with Crippen molar-refractivity contribution >= 4 is 17.1 Å². The quantitative estimate of drug-likeness (QED) is 0.736. The Bertz CT molecular complexity index is 923. The van der Waals surface area contributed by atoms with Gasteiger partial charge in [0.1, 0.15) is 18.1 Å². The fourth-order valence-corrected chi connectivity index (χ4v) is 4.37. The van der Waals surface area contributed by atoms with Gasteiger partial charge in [-0.2, -0.15) is 0 Å². The third kappa shape index (κ3) is 3.20. The van der Waals surface area contributed by atoms with Gasteiger partial charge in [0, 0.05) is 17.1 Å². The number of aryl methyl sites for hydroxylation is 1. The molecule has 2 heterocycles. The fourth-order valence-electron chi connectivity index (χ4n) is 3.63. The van der Waals surface area contributed by atoms with Gasteiger partial charge < -0.3 is 9.64 Å². The molecule has 2 nitrogen and oxygen atoms in total. The topological polar surface area (TPSA) is 13.7 Å². The van der Waals surface area contributed by atoms with Gasteiger partial charge in [0.25, 0.3) is 0 Å². The molecule has 1 atom stereocenters. The zero-order chi connectivity index (χ0) is 18.1. The number of thiophene rings is 1. The number of hydrogen-bond donors (Lipinski definition) is 1. The van der Waals surface area contributed by atoms with Crippen LogP contribution < -0.4 is 9.64 Å². The van der Waals surface area contributed by atoms with Crippen molar-refractivity contribution in [3.63, 3.8) is 0 Å². The van der Waals surface area contributed by atoms with Gasteiger partial charge in [0.2, 0.25) is 0 Å². The number of benzene rings is 2. The zero-order valence-corrected chi connectivity index (χ0v) is 16.3. The lowest BCUT2D eigenvalue weighted by Gasteiger charge is -2.31. The maximum absolute atomic E-state index is 6.44. The monoisotopic (exact) mass is 362 g/mol. The van der Waals surface area contributed by atoms with Crippen LogP contribution >= 0.6 is 11.3 Å². The maximum Gasteiger partial charge on any atom is 0.150 e. The first-order chi connectivity index (χ1) is 12.6. The Hall–Kier alpha value is -2.36. The van der Waals surface area contributed by atoms with Gasteiger partial charge in [-0.15, -0.1) is 11.3 Å². The summed E-state index contributed by atoms with van der Waals surface area (Å²) in [6, 6.07) is 21.6. The van der Waals surface area contributed by atoms with Crippen molar-refractivity contribution in [2.75, 3.05) is 20.6 Å². The highest BCUT2D eigenvalue weighted by molar-refractivity contribution is 7.11. The SMILES string of the molecule is Cc1ccc(C2C(C[NH+](C)C)=C(c3cccs3)Oc3ccccc32)cc1. The van der Waals surface area contributed by atoms with Crippen molar-refractivity contribution < 1.29 is 9.64 Å². The fraction of sp³-hybridized carbons (Fsp3) is 0.217. The minimum Gasteiger partial charge on any atom is -0.455 e. The van der Waals surface area contributed by atoms with E-state index in [-0.39, 0.29) is 5.92 Å². The summed E-state index contributed by atoms with van der Waals surface area (Å²) in [5.41, 5.74) is 5.23. The highest BCUT2D eigenvalue weighted by Crippen LogP contribution is 2.45. The summed E-state index contributed by atoms with van der Waals surface area (Å²) >= 11 is 1.74. The molecule has 26 heavy (non-hydrogen) atoms. The highest BCUT2D eigenvalue weighted by atomic mass is 32.1. The Kier molecular flexibility index (Phi) is 4.66. The smallest absolute Gasteiger partial charge is 0.150 e. The molecular weight excluding hydrogens is 338 g/mol. The summed E-state index contributed by atoms with van der Waals surface area (Å²) in [4.78, 5) is 2.60. The molecule has 3 aromatic rings. The molecule has 132 valence electrons. The molecule has 0 amide bonds. The summed E-state index contributed by atoms with van der Waals surface area (Å²) in [6.07, 6.45) is 0. The Balaban J connectivity index is 1.94. The van der Waals surface area contributed by atoms with Crippen LogP contribution in [0.3, 0.4) is 0 Å². The van der Waals surface area contributed by atoms with E-state index in [1.54, 1.807) is 11.3 Å². The molecule has 1 aliphatic heterocycles. The molecule has 0 bridgehead atoms. The molecule has 2 aromatic carbocycles. The van der Waals surface area contributed by atoms with Crippen molar-refractivity contribution in [1.82, 2.24) is 0 Å². The van der Waals surface area contributed by atoms with Crippen LogP contribution in [-0.2, 0) is 0 Å². The van der Waals surface area contributed by atoms with E-state index in [1.807, 2.05) is 0 Å². The summed E-state index contributed by atoms with van der Waals surface area (Å²) in [6.45, 7) is 3.08. The van der Waals surface area contributed by atoms with Gasteiger partial charge in [0.15, 0.2) is 0 Å². The number of likely N-dealkylation sites (N-methyl/N-ethyl adjacent to an activating group) is 1. The van der Waals surface area contributed by atoms with Crippen molar-refractivity contribution in [3.8, 4) is 5.75 Å².